The average molecular weight is 506 g/mol. The first-order valence-electron chi connectivity index (χ1n) is 11.8. The van der Waals surface area contributed by atoms with Crippen LogP contribution >= 0.6 is 0 Å². The molecule has 0 aliphatic heterocycles. The second-order valence-electron chi connectivity index (χ2n) is 9.88. The Hall–Kier alpha value is -3.60. The van der Waals surface area contributed by atoms with E-state index in [9.17, 15) is 15.0 Å². The van der Waals surface area contributed by atoms with E-state index in [2.05, 4.69) is 39.9 Å². The highest BCUT2D eigenvalue weighted by atomic mass is 28.3. The third-order valence-corrected chi connectivity index (χ3v) is 7.41. The highest BCUT2D eigenvalue weighted by Crippen LogP contribution is 2.40. The molecule has 0 bridgehead atoms. The van der Waals surface area contributed by atoms with Gasteiger partial charge in [-0.2, -0.15) is 0 Å². The van der Waals surface area contributed by atoms with Gasteiger partial charge in [-0.3, -0.25) is 14.8 Å². The average Bonchev–Trinajstić information content (AvgIpc) is 3.14. The molecule has 0 saturated carbocycles. The van der Waals surface area contributed by atoms with E-state index in [-0.39, 0.29) is 25.0 Å². The van der Waals surface area contributed by atoms with Gasteiger partial charge in [0.1, 0.15) is 18.3 Å². The maximum absolute atomic E-state index is 11.7. The van der Waals surface area contributed by atoms with Crippen LogP contribution in [0, 0.1) is 0 Å². The Labute approximate surface area is 210 Å². The summed E-state index contributed by atoms with van der Waals surface area (Å²) in [5.41, 5.74) is 5.00. The van der Waals surface area contributed by atoms with Crippen LogP contribution in [-0.2, 0) is 22.9 Å². The van der Waals surface area contributed by atoms with Gasteiger partial charge in [0.15, 0.2) is 0 Å². The standard InChI is InChI=1S/C26H31N5O4Si/c1-17(33)30-23-11-19(7-8-27-23)26-24(21-6-5-18(15-32)13-28-21)25-22(12-20(34)14-29-25)31(26)16-35-9-10-36(2,3)4/h5-8,11-14,32,34H,9-10,15-16H2,1-4H3,(H,27,30,33). The number of aromatic nitrogens is 4. The molecule has 0 atom stereocenters. The zero-order chi connectivity index (χ0) is 25.9. The minimum Gasteiger partial charge on any atom is -0.506 e. The van der Waals surface area contributed by atoms with Gasteiger partial charge in [-0.25, -0.2) is 4.98 Å². The molecule has 4 rings (SSSR count). The van der Waals surface area contributed by atoms with Crippen molar-refractivity contribution in [2.24, 2.45) is 0 Å². The summed E-state index contributed by atoms with van der Waals surface area (Å²) in [7, 11) is -1.28. The van der Waals surface area contributed by atoms with E-state index in [0.29, 0.717) is 34.7 Å². The maximum Gasteiger partial charge on any atom is 0.222 e. The molecule has 1 amide bonds. The van der Waals surface area contributed by atoms with E-state index in [1.165, 1.54) is 13.1 Å². The van der Waals surface area contributed by atoms with E-state index >= 15 is 0 Å². The lowest BCUT2D eigenvalue weighted by atomic mass is 10.0. The molecule has 0 spiro atoms. The Morgan fingerprint density at radius 2 is 1.92 bits per heavy atom. The van der Waals surface area contributed by atoms with Crippen molar-refractivity contribution in [2.75, 3.05) is 11.9 Å². The highest BCUT2D eigenvalue weighted by Gasteiger charge is 2.23. The number of hydrogen-bond acceptors (Lipinski definition) is 7. The van der Waals surface area contributed by atoms with Crippen molar-refractivity contribution >= 4 is 30.8 Å². The van der Waals surface area contributed by atoms with E-state index < -0.39 is 8.07 Å². The van der Waals surface area contributed by atoms with Gasteiger partial charge in [0.2, 0.25) is 5.91 Å². The molecule has 3 N–H and O–H groups in total. The number of amides is 1. The van der Waals surface area contributed by atoms with Gasteiger partial charge < -0.3 is 24.8 Å². The lowest BCUT2D eigenvalue weighted by Gasteiger charge is -2.17. The number of hydrogen-bond donors (Lipinski definition) is 3. The van der Waals surface area contributed by atoms with Crippen molar-refractivity contribution in [1.29, 1.82) is 0 Å². The van der Waals surface area contributed by atoms with Crippen molar-refractivity contribution < 1.29 is 19.7 Å². The number of rotatable bonds is 9. The van der Waals surface area contributed by atoms with Crippen LogP contribution in [0.5, 0.6) is 5.75 Å². The largest absolute Gasteiger partial charge is 0.506 e. The third-order valence-electron chi connectivity index (χ3n) is 5.71. The quantitative estimate of drug-likeness (QED) is 0.224. The van der Waals surface area contributed by atoms with E-state index in [1.807, 2.05) is 22.8 Å². The number of nitrogens with one attached hydrogen (secondary N) is 1. The number of ether oxygens (including phenoxy) is 1. The highest BCUT2D eigenvalue weighted by molar-refractivity contribution is 6.76. The van der Waals surface area contributed by atoms with Crippen LogP contribution in [0.25, 0.3) is 33.5 Å². The number of aromatic hydroxyl groups is 1. The Kier molecular flexibility index (Phi) is 7.48. The molecule has 9 nitrogen and oxygen atoms in total. The van der Waals surface area contributed by atoms with Crippen molar-refractivity contribution in [3.8, 4) is 28.3 Å². The van der Waals surface area contributed by atoms with Crippen molar-refractivity contribution in [3.05, 3.63) is 54.5 Å². The van der Waals surface area contributed by atoms with Crippen LogP contribution in [-0.4, -0.2) is 50.3 Å². The van der Waals surface area contributed by atoms with E-state index in [1.54, 1.807) is 24.5 Å². The van der Waals surface area contributed by atoms with Gasteiger partial charge in [-0.15, -0.1) is 0 Å². The fraction of sp³-hybridized carbons (Fsp3) is 0.308. The predicted octanol–water partition coefficient (Wildman–Crippen LogP) is 4.63. The lowest BCUT2D eigenvalue weighted by Crippen LogP contribution is -2.22. The number of anilines is 1. The minimum atomic E-state index is -1.28. The van der Waals surface area contributed by atoms with Crippen LogP contribution in [0.4, 0.5) is 5.82 Å². The fourth-order valence-electron chi connectivity index (χ4n) is 3.91. The Balaban J connectivity index is 1.92. The molecule has 0 fully saturated rings. The number of fused-ring (bicyclic) bond motifs is 1. The van der Waals surface area contributed by atoms with Crippen LogP contribution in [0.1, 0.15) is 12.5 Å². The maximum atomic E-state index is 11.7. The summed E-state index contributed by atoms with van der Waals surface area (Å²) in [4.78, 5) is 25.1. The number of aliphatic hydroxyl groups is 1. The monoisotopic (exact) mass is 505 g/mol. The van der Waals surface area contributed by atoms with Gasteiger partial charge in [-0.1, -0.05) is 25.7 Å². The van der Waals surface area contributed by atoms with Gasteiger partial charge in [-0.05, 0) is 29.8 Å². The number of aliphatic hydroxyl groups excluding tert-OH is 1. The summed E-state index contributed by atoms with van der Waals surface area (Å²) in [6.07, 6.45) is 4.66. The molecular formula is C26H31N5O4Si. The molecule has 0 aliphatic rings. The van der Waals surface area contributed by atoms with Crippen molar-refractivity contribution in [1.82, 2.24) is 19.5 Å². The van der Waals surface area contributed by atoms with Crippen LogP contribution in [0.15, 0.2) is 48.9 Å². The SMILES string of the molecule is CC(=O)Nc1cc(-c2c(-c3ccc(CO)cn3)c3ncc(O)cc3n2COCC[Si](C)(C)C)ccn1. The first kappa shape index (κ1) is 25.5. The third kappa shape index (κ3) is 5.78. The normalized spacial score (nSPS) is 11.7. The van der Waals surface area contributed by atoms with Gasteiger partial charge in [0.25, 0.3) is 0 Å². The molecule has 4 aromatic rings. The predicted molar refractivity (Wildman–Crippen MR) is 142 cm³/mol. The van der Waals surface area contributed by atoms with Crippen LogP contribution < -0.4 is 5.32 Å². The van der Waals surface area contributed by atoms with Gasteiger partial charge in [0.05, 0.1) is 40.8 Å². The fourth-order valence-corrected chi connectivity index (χ4v) is 4.67. The van der Waals surface area contributed by atoms with E-state index in [0.717, 1.165) is 22.9 Å². The van der Waals surface area contributed by atoms with Crippen LogP contribution in [0.3, 0.4) is 0 Å². The molecule has 4 heterocycles. The summed E-state index contributed by atoms with van der Waals surface area (Å²) in [5.74, 6) is 0.239. The molecule has 4 aromatic heterocycles. The van der Waals surface area contributed by atoms with Crippen molar-refractivity contribution in [2.45, 2.75) is 45.9 Å². The molecule has 0 radical (unpaired) electrons. The topological polar surface area (TPSA) is 122 Å². The Morgan fingerprint density at radius 3 is 2.58 bits per heavy atom. The molecular weight excluding hydrogens is 474 g/mol. The number of carbonyl (C=O) groups excluding carboxylic acids is 1. The number of pyridine rings is 3. The summed E-state index contributed by atoms with van der Waals surface area (Å²) >= 11 is 0. The van der Waals surface area contributed by atoms with E-state index in [4.69, 9.17) is 4.74 Å². The summed E-state index contributed by atoms with van der Waals surface area (Å²) in [6, 6.07) is 9.97. The first-order valence-corrected chi connectivity index (χ1v) is 15.5. The molecule has 10 heteroatoms. The molecule has 0 aromatic carbocycles. The minimum absolute atomic E-state index is 0.0405. The summed E-state index contributed by atoms with van der Waals surface area (Å²) < 4.78 is 8.10. The summed E-state index contributed by atoms with van der Waals surface area (Å²) in [6.45, 7) is 9.09. The Bertz CT molecular complexity index is 1380. The molecule has 0 unspecified atom stereocenters. The smallest absolute Gasteiger partial charge is 0.222 e. The molecule has 36 heavy (non-hydrogen) atoms. The van der Waals surface area contributed by atoms with Crippen molar-refractivity contribution in [3.63, 3.8) is 0 Å². The zero-order valence-electron chi connectivity index (χ0n) is 20.9. The second kappa shape index (κ2) is 10.6. The lowest BCUT2D eigenvalue weighted by molar-refractivity contribution is -0.114. The number of nitrogens with zero attached hydrogens (tertiary/aromatic N) is 4. The number of carbonyl (C=O) groups is 1. The van der Waals surface area contributed by atoms with Gasteiger partial charge in [0, 0.05) is 45.6 Å². The van der Waals surface area contributed by atoms with Gasteiger partial charge >= 0.3 is 0 Å². The second-order valence-corrected chi connectivity index (χ2v) is 15.5. The summed E-state index contributed by atoms with van der Waals surface area (Å²) in [5, 5.41) is 22.5. The first-order chi connectivity index (χ1) is 17.2. The van der Waals surface area contributed by atoms with Crippen LogP contribution in [0.2, 0.25) is 25.7 Å². The molecule has 0 aliphatic carbocycles. The molecule has 0 saturated heterocycles. The molecule has 188 valence electrons. The Morgan fingerprint density at radius 1 is 1.11 bits per heavy atom. The zero-order valence-corrected chi connectivity index (χ0v) is 21.9.